The molecule has 0 unspecified atom stereocenters. The van der Waals surface area contributed by atoms with Gasteiger partial charge in [-0.2, -0.15) is 0 Å². The molecule has 0 saturated heterocycles. The lowest BCUT2D eigenvalue weighted by atomic mass is 10.1. The SMILES string of the molecule is Cc1oc(=O)oc1COC(=O)c1sc2cccc(Cl)c2c1COc1c(F)cc(C(N)=O)cc1F. The molecule has 0 radical (unpaired) electrons. The molecule has 4 rings (SSSR count). The van der Waals surface area contributed by atoms with Gasteiger partial charge in [-0.15, -0.1) is 11.3 Å². The Balaban J connectivity index is 1.66. The predicted molar refractivity (Wildman–Crippen MR) is 117 cm³/mol. The fraction of sp³-hybridized carbons (Fsp3) is 0.136. The molecular weight excluding hydrogens is 496 g/mol. The van der Waals surface area contributed by atoms with Crippen molar-refractivity contribution in [3.63, 3.8) is 0 Å². The number of esters is 1. The minimum absolute atomic E-state index is 0.0361. The van der Waals surface area contributed by atoms with Crippen molar-refractivity contribution in [3.8, 4) is 5.75 Å². The molecule has 176 valence electrons. The van der Waals surface area contributed by atoms with Crippen LogP contribution >= 0.6 is 22.9 Å². The Morgan fingerprint density at radius 2 is 1.85 bits per heavy atom. The molecule has 2 aromatic carbocycles. The summed E-state index contributed by atoms with van der Waals surface area (Å²) >= 11 is 7.35. The van der Waals surface area contributed by atoms with Crippen LogP contribution in [-0.4, -0.2) is 11.9 Å². The zero-order valence-electron chi connectivity index (χ0n) is 17.3. The van der Waals surface area contributed by atoms with Crippen molar-refractivity contribution in [2.45, 2.75) is 20.1 Å². The van der Waals surface area contributed by atoms with Crippen molar-refractivity contribution < 1.29 is 36.7 Å². The summed E-state index contributed by atoms with van der Waals surface area (Å²) in [6.07, 6.45) is 0. The zero-order valence-corrected chi connectivity index (χ0v) is 18.9. The lowest BCUT2D eigenvalue weighted by Gasteiger charge is -2.11. The summed E-state index contributed by atoms with van der Waals surface area (Å²) in [4.78, 5) is 35.3. The largest absolute Gasteiger partial charge is 0.519 e. The topological polar surface area (TPSA) is 122 Å². The Morgan fingerprint density at radius 1 is 1.15 bits per heavy atom. The number of hydrogen-bond donors (Lipinski definition) is 1. The maximum Gasteiger partial charge on any atom is 0.519 e. The predicted octanol–water partition coefficient (Wildman–Crippen LogP) is 4.72. The van der Waals surface area contributed by atoms with E-state index in [1.165, 1.54) is 6.92 Å². The van der Waals surface area contributed by atoms with E-state index in [1.807, 2.05) is 0 Å². The highest BCUT2D eigenvalue weighted by Gasteiger charge is 2.24. The number of thiophene rings is 1. The van der Waals surface area contributed by atoms with Gasteiger partial charge in [0.25, 0.3) is 0 Å². The molecule has 8 nitrogen and oxygen atoms in total. The molecule has 0 aliphatic carbocycles. The molecule has 2 N–H and O–H groups in total. The van der Waals surface area contributed by atoms with Gasteiger partial charge >= 0.3 is 11.8 Å². The average Bonchev–Trinajstić information content (AvgIpc) is 3.31. The van der Waals surface area contributed by atoms with Gasteiger partial charge in [-0.1, -0.05) is 17.7 Å². The van der Waals surface area contributed by atoms with E-state index in [1.54, 1.807) is 18.2 Å². The van der Waals surface area contributed by atoms with E-state index >= 15 is 0 Å². The number of primary amides is 1. The van der Waals surface area contributed by atoms with Crippen LogP contribution in [0, 0.1) is 18.6 Å². The van der Waals surface area contributed by atoms with Crippen LogP contribution in [0.2, 0.25) is 5.02 Å². The Hall–Kier alpha value is -3.70. The quantitative estimate of drug-likeness (QED) is 0.357. The van der Waals surface area contributed by atoms with Gasteiger partial charge in [-0.3, -0.25) is 4.79 Å². The van der Waals surface area contributed by atoms with Crippen molar-refractivity contribution >= 4 is 44.9 Å². The second-order valence-electron chi connectivity index (χ2n) is 6.95. The molecule has 0 aliphatic rings. The summed E-state index contributed by atoms with van der Waals surface area (Å²) in [5, 5.41) is 0.731. The number of rotatable bonds is 7. The molecule has 0 saturated carbocycles. The molecule has 4 aromatic rings. The number of carbonyl (C=O) groups excluding carboxylic acids is 2. The van der Waals surface area contributed by atoms with Gasteiger partial charge < -0.3 is 24.0 Å². The Morgan fingerprint density at radius 3 is 2.47 bits per heavy atom. The number of halogens is 3. The second-order valence-corrected chi connectivity index (χ2v) is 8.41. The summed E-state index contributed by atoms with van der Waals surface area (Å²) in [6.45, 7) is 0.646. The van der Waals surface area contributed by atoms with Gasteiger partial charge in [0.15, 0.2) is 35.5 Å². The van der Waals surface area contributed by atoms with E-state index in [4.69, 9.17) is 35.6 Å². The third-order valence-electron chi connectivity index (χ3n) is 4.76. The highest BCUT2D eigenvalue weighted by Crippen LogP contribution is 2.38. The van der Waals surface area contributed by atoms with Gasteiger partial charge in [-0.05, 0) is 31.2 Å². The van der Waals surface area contributed by atoms with Crippen molar-refractivity contribution in [3.05, 3.63) is 85.1 Å². The summed E-state index contributed by atoms with van der Waals surface area (Å²) in [5.41, 5.74) is 4.93. The Labute approximate surface area is 198 Å². The first-order valence-electron chi connectivity index (χ1n) is 9.53. The molecule has 34 heavy (non-hydrogen) atoms. The van der Waals surface area contributed by atoms with E-state index in [0.29, 0.717) is 10.1 Å². The van der Waals surface area contributed by atoms with E-state index in [-0.39, 0.29) is 39.2 Å². The maximum absolute atomic E-state index is 14.4. The summed E-state index contributed by atoms with van der Waals surface area (Å²) in [6, 6.07) is 6.45. The van der Waals surface area contributed by atoms with Crippen molar-refractivity contribution in [1.29, 1.82) is 0 Å². The molecular formula is C22H14ClF2NO7S. The molecule has 0 atom stereocenters. The van der Waals surface area contributed by atoms with Crippen LogP contribution in [0.5, 0.6) is 5.75 Å². The lowest BCUT2D eigenvalue weighted by molar-refractivity contribution is 0.0446. The molecule has 2 heterocycles. The van der Waals surface area contributed by atoms with E-state index in [2.05, 4.69) is 0 Å². The van der Waals surface area contributed by atoms with Crippen LogP contribution in [0.15, 0.2) is 44.0 Å². The number of nitrogens with two attached hydrogens (primary N) is 1. The summed E-state index contributed by atoms with van der Waals surface area (Å²) < 4.78 is 49.5. The van der Waals surface area contributed by atoms with Gasteiger partial charge in [-0.25, -0.2) is 18.4 Å². The Kier molecular flexibility index (Phi) is 6.40. The van der Waals surface area contributed by atoms with Crippen LogP contribution in [-0.2, 0) is 18.0 Å². The van der Waals surface area contributed by atoms with Gasteiger partial charge in [0.1, 0.15) is 11.5 Å². The highest BCUT2D eigenvalue weighted by atomic mass is 35.5. The molecule has 1 amide bonds. The van der Waals surface area contributed by atoms with Crippen molar-refractivity contribution in [2.24, 2.45) is 5.73 Å². The second kappa shape index (κ2) is 9.27. The first-order chi connectivity index (χ1) is 16.2. The van der Waals surface area contributed by atoms with Crippen molar-refractivity contribution in [2.75, 3.05) is 0 Å². The monoisotopic (exact) mass is 509 g/mol. The average molecular weight is 510 g/mol. The number of hydrogen-bond acceptors (Lipinski definition) is 8. The minimum Gasteiger partial charge on any atom is -0.483 e. The molecule has 12 heteroatoms. The highest BCUT2D eigenvalue weighted by molar-refractivity contribution is 7.21. The normalized spacial score (nSPS) is 11.1. The van der Waals surface area contributed by atoms with Crippen LogP contribution in [0.3, 0.4) is 0 Å². The van der Waals surface area contributed by atoms with E-state index in [9.17, 15) is 23.2 Å². The fourth-order valence-electron chi connectivity index (χ4n) is 3.16. The number of aryl methyl sites for hydroxylation is 1. The number of benzene rings is 2. The number of amides is 1. The lowest BCUT2D eigenvalue weighted by Crippen LogP contribution is -2.13. The van der Waals surface area contributed by atoms with Crippen LogP contribution < -0.4 is 16.3 Å². The third kappa shape index (κ3) is 4.52. The number of carbonyl (C=O) groups is 2. The molecule has 0 spiro atoms. The molecule has 0 fully saturated rings. The minimum atomic E-state index is -1.14. The molecule has 0 aliphatic heterocycles. The standard InChI is InChI=1S/C22H14ClF2NO7S/c1-9-15(33-22(29)32-9)8-31-21(28)19-11(17-12(23)3-2-4-16(17)34-19)7-30-18-13(24)5-10(20(26)27)6-14(18)25/h2-6H,7-8H2,1H3,(H2,26,27). The van der Waals surface area contributed by atoms with Gasteiger partial charge in [0.05, 0.1) is 0 Å². The van der Waals surface area contributed by atoms with Crippen LogP contribution in [0.25, 0.3) is 10.1 Å². The van der Waals surface area contributed by atoms with E-state index < -0.39 is 41.7 Å². The Bertz CT molecular complexity index is 1470. The van der Waals surface area contributed by atoms with E-state index in [0.717, 1.165) is 23.5 Å². The van der Waals surface area contributed by atoms with Crippen LogP contribution in [0.1, 0.15) is 37.1 Å². The zero-order chi connectivity index (χ0) is 24.6. The smallest absolute Gasteiger partial charge is 0.483 e. The molecule has 0 bridgehead atoms. The maximum atomic E-state index is 14.4. The van der Waals surface area contributed by atoms with Gasteiger partial charge in [0, 0.05) is 26.2 Å². The summed E-state index contributed by atoms with van der Waals surface area (Å²) in [5.74, 6) is -5.59. The molecule has 2 aromatic heterocycles. The first-order valence-corrected chi connectivity index (χ1v) is 10.7. The number of ether oxygens (including phenoxy) is 2. The van der Waals surface area contributed by atoms with Gasteiger partial charge in [0.2, 0.25) is 5.91 Å². The van der Waals surface area contributed by atoms with Crippen LogP contribution in [0.4, 0.5) is 8.78 Å². The third-order valence-corrected chi connectivity index (χ3v) is 6.25. The summed E-state index contributed by atoms with van der Waals surface area (Å²) in [7, 11) is 0. The number of fused-ring (bicyclic) bond motifs is 1. The first kappa shape index (κ1) is 23.5. The van der Waals surface area contributed by atoms with Crippen molar-refractivity contribution in [1.82, 2.24) is 0 Å². The fourth-order valence-corrected chi connectivity index (χ4v) is 4.63.